The van der Waals surface area contributed by atoms with Gasteiger partial charge in [-0.15, -0.1) is 0 Å². The van der Waals surface area contributed by atoms with Crippen LogP contribution in [0.3, 0.4) is 0 Å². The van der Waals surface area contributed by atoms with Gasteiger partial charge in [-0.2, -0.15) is 0 Å². The first-order valence-corrected chi connectivity index (χ1v) is 6.49. The molecule has 0 aromatic carbocycles. The zero-order valence-electron chi connectivity index (χ0n) is 9.56. The van der Waals surface area contributed by atoms with Gasteiger partial charge in [0.2, 0.25) is 5.91 Å². The van der Waals surface area contributed by atoms with Crippen LogP contribution in [-0.2, 0) is 4.79 Å². The van der Waals surface area contributed by atoms with Crippen molar-refractivity contribution < 1.29 is 9.90 Å². The molecule has 3 aliphatic heterocycles. The summed E-state index contributed by atoms with van der Waals surface area (Å²) >= 11 is 0. The van der Waals surface area contributed by atoms with Crippen LogP contribution < -0.4 is 5.32 Å². The monoisotopic (exact) mass is 224 g/mol. The predicted octanol–water partition coefficient (Wildman–Crippen LogP) is 0.253. The molecule has 4 nitrogen and oxygen atoms in total. The molecule has 3 saturated heterocycles. The molecule has 90 valence electrons. The molecule has 0 aromatic rings. The molecule has 2 unspecified atom stereocenters. The van der Waals surface area contributed by atoms with Gasteiger partial charge in [-0.25, -0.2) is 0 Å². The summed E-state index contributed by atoms with van der Waals surface area (Å²) in [5.41, 5.74) is 0. The minimum Gasteiger partial charge on any atom is -0.393 e. The van der Waals surface area contributed by atoms with Crippen LogP contribution in [0.2, 0.25) is 0 Å². The Hall–Kier alpha value is -0.610. The lowest BCUT2D eigenvalue weighted by molar-refractivity contribution is -0.139. The molecule has 3 aliphatic rings. The Labute approximate surface area is 96.0 Å². The second-order valence-corrected chi connectivity index (χ2v) is 5.40. The van der Waals surface area contributed by atoms with Gasteiger partial charge >= 0.3 is 0 Å². The van der Waals surface area contributed by atoms with Crippen molar-refractivity contribution >= 4 is 5.91 Å². The van der Waals surface area contributed by atoms with Gasteiger partial charge in [-0.05, 0) is 45.1 Å². The highest BCUT2D eigenvalue weighted by Gasteiger charge is 2.44. The third-order valence-corrected chi connectivity index (χ3v) is 4.32. The van der Waals surface area contributed by atoms with Gasteiger partial charge < -0.3 is 15.3 Å². The zero-order valence-corrected chi connectivity index (χ0v) is 9.56. The number of carbonyl (C=O) groups is 1. The van der Waals surface area contributed by atoms with E-state index in [1.165, 1.54) is 0 Å². The second-order valence-electron chi connectivity index (χ2n) is 5.40. The zero-order chi connectivity index (χ0) is 11.1. The van der Waals surface area contributed by atoms with Crippen molar-refractivity contribution in [1.29, 1.82) is 0 Å². The van der Waals surface area contributed by atoms with E-state index in [0.717, 1.165) is 45.1 Å². The average Bonchev–Trinajstić information content (AvgIpc) is 2.85. The molecule has 0 aromatic heterocycles. The summed E-state index contributed by atoms with van der Waals surface area (Å²) in [4.78, 5) is 14.4. The number of hydrogen-bond acceptors (Lipinski definition) is 3. The Morgan fingerprint density at radius 1 is 1.19 bits per heavy atom. The molecule has 3 heterocycles. The van der Waals surface area contributed by atoms with E-state index < -0.39 is 0 Å². The molecule has 1 amide bonds. The first kappa shape index (κ1) is 10.5. The van der Waals surface area contributed by atoms with Gasteiger partial charge in [0, 0.05) is 12.1 Å². The summed E-state index contributed by atoms with van der Waals surface area (Å²) in [6, 6.07) is 0.672. The number of amides is 1. The summed E-state index contributed by atoms with van der Waals surface area (Å²) < 4.78 is 0. The van der Waals surface area contributed by atoms with Crippen LogP contribution in [0.5, 0.6) is 0 Å². The molecule has 3 atom stereocenters. The molecule has 0 radical (unpaired) electrons. The van der Waals surface area contributed by atoms with Crippen LogP contribution in [-0.4, -0.2) is 46.7 Å². The van der Waals surface area contributed by atoms with Crippen molar-refractivity contribution in [2.24, 2.45) is 0 Å². The highest BCUT2D eigenvalue weighted by atomic mass is 16.3. The first-order chi connectivity index (χ1) is 7.75. The predicted molar refractivity (Wildman–Crippen MR) is 59.9 cm³/mol. The van der Waals surface area contributed by atoms with E-state index in [1.54, 1.807) is 0 Å². The lowest BCUT2D eigenvalue weighted by Gasteiger charge is -2.38. The van der Waals surface area contributed by atoms with Crippen LogP contribution in [0.4, 0.5) is 0 Å². The number of nitrogens with zero attached hydrogens (tertiary/aromatic N) is 1. The molecule has 3 rings (SSSR count). The van der Waals surface area contributed by atoms with Crippen LogP contribution in [0.15, 0.2) is 0 Å². The van der Waals surface area contributed by atoms with Crippen molar-refractivity contribution in [1.82, 2.24) is 10.2 Å². The number of rotatable bonds is 1. The number of hydrogen-bond donors (Lipinski definition) is 2. The lowest BCUT2D eigenvalue weighted by atomic mass is 9.98. The average molecular weight is 224 g/mol. The van der Waals surface area contributed by atoms with Crippen LogP contribution in [0, 0.1) is 0 Å². The molecule has 0 aliphatic carbocycles. The van der Waals surface area contributed by atoms with Gasteiger partial charge in [0.15, 0.2) is 0 Å². The first-order valence-electron chi connectivity index (χ1n) is 6.49. The van der Waals surface area contributed by atoms with E-state index in [-0.39, 0.29) is 18.1 Å². The second kappa shape index (κ2) is 4.00. The fourth-order valence-corrected chi connectivity index (χ4v) is 3.58. The van der Waals surface area contributed by atoms with Crippen LogP contribution in [0.1, 0.15) is 38.5 Å². The molecular weight excluding hydrogens is 204 g/mol. The standard InChI is InChI=1S/C12H20N2O2/c15-10-6-8-3-4-9(7-10)14(8)12(16)11-2-1-5-13-11/h8-11,13,15H,1-7H2/t8?,9?,10?,11-/m0/s1. The van der Waals surface area contributed by atoms with Crippen molar-refractivity contribution in [3.05, 3.63) is 0 Å². The lowest BCUT2D eigenvalue weighted by Crippen LogP contribution is -2.53. The summed E-state index contributed by atoms with van der Waals surface area (Å²) in [6.45, 7) is 0.974. The maximum Gasteiger partial charge on any atom is 0.240 e. The molecular formula is C12H20N2O2. The Balaban J connectivity index is 1.72. The number of carbonyl (C=O) groups excluding carboxylic acids is 1. The molecule has 4 heteroatoms. The highest BCUT2D eigenvalue weighted by molar-refractivity contribution is 5.83. The van der Waals surface area contributed by atoms with Crippen molar-refractivity contribution in [2.75, 3.05) is 6.54 Å². The minimum absolute atomic E-state index is 0.0540. The van der Waals surface area contributed by atoms with Gasteiger partial charge in [0.1, 0.15) is 0 Å². The Kier molecular flexibility index (Phi) is 2.64. The van der Waals surface area contributed by atoms with E-state index in [9.17, 15) is 9.90 Å². The minimum atomic E-state index is -0.182. The van der Waals surface area contributed by atoms with E-state index >= 15 is 0 Å². The molecule has 2 N–H and O–H groups in total. The molecule has 2 bridgehead atoms. The smallest absolute Gasteiger partial charge is 0.240 e. The van der Waals surface area contributed by atoms with E-state index in [1.807, 2.05) is 0 Å². The molecule has 16 heavy (non-hydrogen) atoms. The number of piperidine rings is 1. The summed E-state index contributed by atoms with van der Waals surface area (Å²) in [5, 5.41) is 13.0. The van der Waals surface area contributed by atoms with E-state index in [0.29, 0.717) is 12.1 Å². The number of nitrogens with one attached hydrogen (secondary N) is 1. The number of aliphatic hydroxyl groups is 1. The van der Waals surface area contributed by atoms with Gasteiger partial charge in [0.05, 0.1) is 12.1 Å². The third kappa shape index (κ3) is 1.64. The fourth-order valence-electron chi connectivity index (χ4n) is 3.58. The van der Waals surface area contributed by atoms with E-state index in [2.05, 4.69) is 10.2 Å². The van der Waals surface area contributed by atoms with E-state index in [4.69, 9.17) is 0 Å². The molecule has 0 spiro atoms. The maximum absolute atomic E-state index is 12.3. The quantitative estimate of drug-likeness (QED) is 0.671. The van der Waals surface area contributed by atoms with Crippen LogP contribution in [0.25, 0.3) is 0 Å². The largest absolute Gasteiger partial charge is 0.393 e. The van der Waals surface area contributed by atoms with Crippen LogP contribution >= 0.6 is 0 Å². The Morgan fingerprint density at radius 3 is 2.44 bits per heavy atom. The molecule has 3 fully saturated rings. The highest BCUT2D eigenvalue weighted by Crippen LogP contribution is 2.36. The summed E-state index contributed by atoms with van der Waals surface area (Å²) in [6.07, 6.45) is 5.65. The summed E-state index contributed by atoms with van der Waals surface area (Å²) in [7, 11) is 0. The number of aliphatic hydroxyl groups excluding tert-OH is 1. The van der Waals surface area contributed by atoms with Crippen molar-refractivity contribution in [3.8, 4) is 0 Å². The Morgan fingerprint density at radius 2 is 1.88 bits per heavy atom. The normalized spacial score (nSPS) is 42.7. The fraction of sp³-hybridized carbons (Fsp3) is 0.917. The third-order valence-electron chi connectivity index (χ3n) is 4.32. The van der Waals surface area contributed by atoms with Crippen molar-refractivity contribution in [3.63, 3.8) is 0 Å². The maximum atomic E-state index is 12.3. The summed E-state index contributed by atoms with van der Waals surface area (Å²) in [5.74, 6) is 0.289. The van der Waals surface area contributed by atoms with Gasteiger partial charge in [-0.3, -0.25) is 4.79 Å². The Bertz CT molecular complexity index is 275. The topological polar surface area (TPSA) is 52.6 Å². The number of fused-ring (bicyclic) bond motifs is 2. The van der Waals surface area contributed by atoms with Gasteiger partial charge in [-0.1, -0.05) is 0 Å². The molecule has 0 saturated carbocycles. The van der Waals surface area contributed by atoms with Crippen molar-refractivity contribution in [2.45, 2.75) is 62.8 Å². The SMILES string of the molecule is O=C([C@@H]1CCCN1)N1C2CCC1CC(O)C2. The van der Waals surface area contributed by atoms with Gasteiger partial charge in [0.25, 0.3) is 0 Å².